The lowest BCUT2D eigenvalue weighted by Gasteiger charge is -2.28. The van der Waals surface area contributed by atoms with Gasteiger partial charge in [-0.2, -0.15) is 22.0 Å². The first kappa shape index (κ1) is 26.1. The summed E-state index contributed by atoms with van der Waals surface area (Å²) in [6, 6.07) is 4.21. The van der Waals surface area contributed by atoms with Crippen LogP contribution in [0.2, 0.25) is 0 Å². The van der Waals surface area contributed by atoms with Gasteiger partial charge in [-0.3, -0.25) is 9.51 Å². The summed E-state index contributed by atoms with van der Waals surface area (Å²) in [5.41, 5.74) is 0.813. The topological polar surface area (TPSA) is 90.2 Å². The fraction of sp³-hybridized carbons (Fsp3) is 0.522. The summed E-state index contributed by atoms with van der Waals surface area (Å²) in [5, 5.41) is 4.30. The number of halogens is 5. The van der Waals surface area contributed by atoms with Crippen molar-refractivity contribution in [2.45, 2.75) is 70.8 Å². The number of nitrogens with one attached hydrogen (secondary N) is 1. The van der Waals surface area contributed by atoms with Gasteiger partial charge in [0.25, 0.3) is 0 Å². The van der Waals surface area contributed by atoms with Gasteiger partial charge in [0.15, 0.2) is 5.82 Å². The third-order valence-electron chi connectivity index (χ3n) is 6.19. The van der Waals surface area contributed by atoms with Crippen molar-refractivity contribution in [3.63, 3.8) is 0 Å². The minimum atomic E-state index is -4.17. The molecule has 0 saturated heterocycles. The third-order valence-corrected chi connectivity index (χ3v) is 7.61. The lowest BCUT2D eigenvalue weighted by Crippen LogP contribution is -2.27. The number of aryl methyl sites for hydroxylation is 1. The molecule has 0 bridgehead atoms. The Morgan fingerprint density at radius 2 is 1.92 bits per heavy atom. The molecule has 0 spiro atoms. The molecule has 1 aliphatic rings. The molecular weight excluding hydrogens is 509 g/mol. The minimum Gasteiger partial charge on any atom is -0.485 e. The molecule has 0 amide bonds. The maximum atomic E-state index is 13.0. The van der Waals surface area contributed by atoms with E-state index in [1.807, 2.05) is 13.8 Å². The fourth-order valence-corrected chi connectivity index (χ4v) is 5.72. The van der Waals surface area contributed by atoms with E-state index < -0.39 is 30.6 Å². The number of benzene rings is 1. The summed E-state index contributed by atoms with van der Waals surface area (Å²) in [5.74, 6) is -2.23. The Kier molecular flexibility index (Phi) is 7.67. The SMILES string of the molecule is CCC(Oc1ccc(-c2noc(=O)[nH]2)c(OC(F)F)c1)c1sc(C2CCC(C(F)(F)F)CC2)nc1C. The van der Waals surface area contributed by atoms with Crippen LogP contribution in [-0.4, -0.2) is 27.9 Å². The summed E-state index contributed by atoms with van der Waals surface area (Å²) in [7, 11) is 0. The average molecular weight is 534 g/mol. The predicted octanol–water partition coefficient (Wildman–Crippen LogP) is 6.76. The van der Waals surface area contributed by atoms with E-state index in [1.54, 1.807) is 0 Å². The second-order valence-corrected chi connectivity index (χ2v) is 9.65. The number of rotatable bonds is 8. The highest BCUT2D eigenvalue weighted by Crippen LogP contribution is 2.45. The van der Waals surface area contributed by atoms with Gasteiger partial charge >= 0.3 is 18.5 Å². The highest BCUT2D eigenvalue weighted by atomic mass is 32.1. The van der Waals surface area contributed by atoms with Crippen molar-refractivity contribution in [1.29, 1.82) is 0 Å². The highest BCUT2D eigenvalue weighted by molar-refractivity contribution is 7.11. The first-order chi connectivity index (χ1) is 17.0. The van der Waals surface area contributed by atoms with Crippen molar-refractivity contribution in [3.05, 3.63) is 44.3 Å². The van der Waals surface area contributed by atoms with Crippen molar-refractivity contribution in [3.8, 4) is 22.9 Å². The summed E-state index contributed by atoms with van der Waals surface area (Å²) in [6.45, 7) is 0.583. The Morgan fingerprint density at radius 1 is 1.19 bits per heavy atom. The number of aromatic amines is 1. The zero-order chi connectivity index (χ0) is 26.0. The van der Waals surface area contributed by atoms with Crippen LogP contribution in [0.3, 0.4) is 0 Å². The normalized spacial score (nSPS) is 19.4. The minimum absolute atomic E-state index is 0.0338. The molecule has 196 valence electrons. The van der Waals surface area contributed by atoms with Crippen LogP contribution in [0, 0.1) is 12.8 Å². The predicted molar refractivity (Wildman–Crippen MR) is 120 cm³/mol. The summed E-state index contributed by atoms with van der Waals surface area (Å²) < 4.78 is 80.2. The number of hydrogen-bond donors (Lipinski definition) is 1. The van der Waals surface area contributed by atoms with E-state index in [2.05, 4.69) is 24.4 Å². The molecule has 1 unspecified atom stereocenters. The number of thiazole rings is 1. The molecule has 1 N–H and O–H groups in total. The van der Waals surface area contributed by atoms with E-state index in [-0.39, 0.29) is 41.6 Å². The quantitative estimate of drug-likeness (QED) is 0.322. The van der Waals surface area contributed by atoms with E-state index in [0.717, 1.165) is 15.6 Å². The zero-order valence-corrected chi connectivity index (χ0v) is 20.2. The van der Waals surface area contributed by atoms with Crippen molar-refractivity contribution in [1.82, 2.24) is 15.1 Å². The van der Waals surface area contributed by atoms with Crippen LogP contribution in [-0.2, 0) is 0 Å². The number of H-pyrrole nitrogens is 1. The second-order valence-electron chi connectivity index (χ2n) is 8.59. The Labute approximate surface area is 206 Å². The van der Waals surface area contributed by atoms with Crippen molar-refractivity contribution in [2.24, 2.45) is 5.92 Å². The number of hydrogen-bond acceptors (Lipinski definition) is 7. The van der Waals surface area contributed by atoms with Crippen molar-refractivity contribution >= 4 is 11.3 Å². The van der Waals surface area contributed by atoms with Gasteiger partial charge in [0.1, 0.15) is 17.6 Å². The van der Waals surface area contributed by atoms with Crippen molar-refractivity contribution < 1.29 is 35.9 Å². The van der Waals surface area contributed by atoms with Crippen LogP contribution in [0.4, 0.5) is 22.0 Å². The standard InChI is InChI=1S/C23H24F5N3O4S/c1-3-16(18-11(2)29-20(36-18)12-4-6-13(7-5-12)23(26,27)28)33-14-8-9-15(17(10-14)34-21(24)25)19-30-22(32)35-31-19/h8-10,12-13,16,21H,3-7H2,1-2H3,(H,30,31,32). The summed E-state index contributed by atoms with van der Waals surface area (Å²) in [6.07, 6.45) is -3.06. The molecule has 1 aromatic carbocycles. The van der Waals surface area contributed by atoms with Gasteiger partial charge in [0.05, 0.1) is 27.1 Å². The van der Waals surface area contributed by atoms with E-state index in [1.165, 1.54) is 29.5 Å². The number of alkyl halides is 5. The van der Waals surface area contributed by atoms with Crippen LogP contribution in [0.15, 0.2) is 27.5 Å². The van der Waals surface area contributed by atoms with Gasteiger partial charge in [-0.1, -0.05) is 12.1 Å². The zero-order valence-electron chi connectivity index (χ0n) is 19.4. The van der Waals surface area contributed by atoms with E-state index in [9.17, 15) is 26.7 Å². The second kappa shape index (κ2) is 10.6. The smallest absolute Gasteiger partial charge is 0.439 e. The Morgan fingerprint density at radius 3 is 2.50 bits per heavy atom. The monoisotopic (exact) mass is 533 g/mol. The number of ether oxygens (including phenoxy) is 2. The van der Waals surface area contributed by atoms with Gasteiger partial charge in [0.2, 0.25) is 0 Å². The molecule has 2 heterocycles. The molecule has 1 atom stereocenters. The Bertz CT molecular complexity index is 1230. The first-order valence-electron chi connectivity index (χ1n) is 11.4. The Balaban J connectivity index is 1.53. The molecular formula is C23H24F5N3O4S. The summed E-state index contributed by atoms with van der Waals surface area (Å²) in [4.78, 5) is 19.0. The van der Waals surface area contributed by atoms with Crippen LogP contribution in [0.25, 0.3) is 11.4 Å². The van der Waals surface area contributed by atoms with Crippen LogP contribution < -0.4 is 15.2 Å². The van der Waals surface area contributed by atoms with Gasteiger partial charge < -0.3 is 9.47 Å². The molecule has 3 aromatic rings. The molecule has 2 aromatic heterocycles. The third kappa shape index (κ3) is 5.88. The van der Waals surface area contributed by atoms with Crippen molar-refractivity contribution in [2.75, 3.05) is 0 Å². The molecule has 1 saturated carbocycles. The first-order valence-corrected chi connectivity index (χ1v) is 12.2. The molecule has 4 rings (SSSR count). The van der Waals surface area contributed by atoms with Crippen LogP contribution in [0.5, 0.6) is 11.5 Å². The molecule has 0 radical (unpaired) electrons. The molecule has 13 heteroatoms. The summed E-state index contributed by atoms with van der Waals surface area (Å²) >= 11 is 1.41. The number of aromatic nitrogens is 3. The fourth-order valence-electron chi connectivity index (χ4n) is 4.37. The van der Waals surface area contributed by atoms with E-state index >= 15 is 0 Å². The molecule has 36 heavy (non-hydrogen) atoms. The molecule has 0 aliphatic heterocycles. The average Bonchev–Trinajstić information content (AvgIpc) is 3.42. The van der Waals surface area contributed by atoms with Gasteiger partial charge in [-0.05, 0) is 51.2 Å². The van der Waals surface area contributed by atoms with Crippen LogP contribution >= 0.6 is 11.3 Å². The van der Waals surface area contributed by atoms with Crippen LogP contribution in [0.1, 0.15) is 66.6 Å². The lowest BCUT2D eigenvalue weighted by molar-refractivity contribution is -0.182. The lowest BCUT2D eigenvalue weighted by atomic mass is 9.82. The molecule has 1 fully saturated rings. The maximum Gasteiger partial charge on any atom is 0.439 e. The van der Waals surface area contributed by atoms with E-state index in [4.69, 9.17) is 4.74 Å². The highest BCUT2D eigenvalue weighted by Gasteiger charge is 2.42. The van der Waals surface area contributed by atoms with E-state index in [0.29, 0.717) is 19.3 Å². The van der Waals surface area contributed by atoms with Gasteiger partial charge in [-0.15, -0.1) is 11.3 Å². The maximum absolute atomic E-state index is 13.0. The number of nitrogens with zero attached hydrogens (tertiary/aromatic N) is 2. The van der Waals surface area contributed by atoms with Gasteiger partial charge in [0, 0.05) is 12.0 Å². The largest absolute Gasteiger partial charge is 0.485 e. The van der Waals surface area contributed by atoms with Gasteiger partial charge in [-0.25, -0.2) is 9.78 Å². The molecule has 1 aliphatic carbocycles. The molecule has 7 nitrogen and oxygen atoms in total. The Hall–Kier alpha value is -2.96.